The van der Waals surface area contributed by atoms with Crippen molar-refractivity contribution in [3.8, 4) is 16.9 Å². The smallest absolute Gasteiger partial charge is 0.346 e. The van der Waals surface area contributed by atoms with Crippen LogP contribution in [0.4, 0.5) is 0 Å². The van der Waals surface area contributed by atoms with Crippen molar-refractivity contribution in [1.82, 2.24) is 0 Å². The SMILES string of the molecule is Cc1cc(C)c(S(=O)(=O)[O-])c(C)c1.N[n+]1cc2cc(-c3cccc(Cl)c3)ccc2c(OCc2ccccc2)c1Cl. The van der Waals surface area contributed by atoms with Gasteiger partial charge in [0.05, 0.1) is 10.3 Å². The van der Waals surface area contributed by atoms with E-state index >= 15 is 0 Å². The third-order valence-electron chi connectivity index (χ3n) is 6.23. The van der Waals surface area contributed by atoms with Gasteiger partial charge in [-0.1, -0.05) is 82.5 Å². The van der Waals surface area contributed by atoms with Crippen LogP contribution < -0.4 is 15.3 Å². The van der Waals surface area contributed by atoms with Gasteiger partial charge in [-0.2, -0.15) is 0 Å². The van der Waals surface area contributed by atoms with Crippen molar-refractivity contribution < 1.29 is 22.4 Å². The zero-order valence-corrected chi connectivity index (χ0v) is 24.5. The molecule has 0 aliphatic carbocycles. The molecular formula is C31H28Cl2N2O4S. The van der Waals surface area contributed by atoms with Gasteiger partial charge in [-0.25, -0.2) is 14.3 Å². The van der Waals surface area contributed by atoms with Gasteiger partial charge >= 0.3 is 5.15 Å². The number of nitrogen functional groups attached to an aromatic ring is 1. The Morgan fingerprint density at radius 3 is 2.12 bits per heavy atom. The number of ether oxygens (including phenoxy) is 1. The Hall–Kier alpha value is -3.62. The van der Waals surface area contributed by atoms with Crippen LogP contribution in [0, 0.1) is 20.8 Å². The molecule has 40 heavy (non-hydrogen) atoms. The predicted molar refractivity (Wildman–Crippen MR) is 159 cm³/mol. The first-order chi connectivity index (χ1) is 18.9. The summed E-state index contributed by atoms with van der Waals surface area (Å²) in [4.78, 5) is -0.0851. The molecule has 0 aliphatic heterocycles. The molecule has 2 N–H and O–H groups in total. The standard InChI is InChI=1S/C22H17Cl2N2O.C9H12O3S/c23-19-8-4-7-16(12-19)17-9-10-20-18(11-17)13-26(25)22(24)21(20)27-14-15-5-2-1-3-6-15;1-6-4-7(2)9(8(3)5-6)13(10,11)12/h1-13H,14,25H2;4-5H,1-3H3,(H,10,11,12)/q+1;/p-1. The number of nitrogens with two attached hydrogens (primary N) is 1. The van der Waals surface area contributed by atoms with Gasteiger partial charge in [0, 0.05) is 10.4 Å². The van der Waals surface area contributed by atoms with E-state index in [9.17, 15) is 13.0 Å². The number of aryl methyl sites for hydroxylation is 3. The lowest BCUT2D eigenvalue weighted by atomic mass is 10.0. The lowest BCUT2D eigenvalue weighted by Crippen LogP contribution is -2.45. The predicted octanol–water partition coefficient (Wildman–Crippen LogP) is 6.91. The highest BCUT2D eigenvalue weighted by atomic mass is 35.5. The van der Waals surface area contributed by atoms with Crippen LogP contribution >= 0.6 is 23.2 Å². The minimum atomic E-state index is -4.33. The largest absolute Gasteiger partial charge is 0.744 e. The number of hydrogen-bond acceptors (Lipinski definition) is 5. The van der Waals surface area contributed by atoms with Crippen LogP contribution in [0.1, 0.15) is 22.3 Å². The van der Waals surface area contributed by atoms with Crippen molar-refractivity contribution >= 4 is 44.1 Å². The third-order valence-corrected chi connectivity index (χ3v) is 7.97. The van der Waals surface area contributed by atoms with Crippen molar-refractivity contribution in [2.24, 2.45) is 0 Å². The van der Waals surface area contributed by atoms with Crippen LogP contribution in [0.15, 0.2) is 96.0 Å². The van der Waals surface area contributed by atoms with Crippen molar-refractivity contribution in [1.29, 1.82) is 0 Å². The fraction of sp³-hybridized carbons (Fsp3) is 0.129. The summed E-state index contributed by atoms with van der Waals surface area (Å²) in [6.07, 6.45) is 1.79. The topological polar surface area (TPSA) is 96.3 Å². The summed E-state index contributed by atoms with van der Waals surface area (Å²) in [7, 11) is -4.33. The normalized spacial score (nSPS) is 11.2. The van der Waals surface area contributed by atoms with Gasteiger partial charge in [0.2, 0.25) is 11.9 Å². The molecule has 6 nitrogen and oxygen atoms in total. The summed E-state index contributed by atoms with van der Waals surface area (Å²) in [6.45, 7) is 5.53. The van der Waals surface area contributed by atoms with E-state index in [4.69, 9.17) is 33.8 Å². The zero-order valence-electron chi connectivity index (χ0n) is 22.2. The van der Waals surface area contributed by atoms with Crippen LogP contribution in [-0.2, 0) is 16.7 Å². The number of aromatic nitrogens is 1. The van der Waals surface area contributed by atoms with E-state index in [1.807, 2.05) is 73.7 Å². The van der Waals surface area contributed by atoms with E-state index in [1.165, 1.54) is 4.68 Å². The monoisotopic (exact) mass is 594 g/mol. The van der Waals surface area contributed by atoms with Gasteiger partial charge < -0.3 is 9.29 Å². The van der Waals surface area contributed by atoms with Gasteiger partial charge in [0.15, 0.2) is 0 Å². The molecule has 5 rings (SSSR count). The van der Waals surface area contributed by atoms with Crippen LogP contribution in [0.2, 0.25) is 10.2 Å². The van der Waals surface area contributed by atoms with Crippen molar-refractivity contribution in [3.63, 3.8) is 0 Å². The first-order valence-electron chi connectivity index (χ1n) is 12.3. The number of halogens is 2. The first kappa shape index (κ1) is 29.4. The number of rotatable bonds is 5. The van der Waals surface area contributed by atoms with E-state index in [0.717, 1.165) is 33.0 Å². The van der Waals surface area contributed by atoms with Crippen LogP contribution in [0.5, 0.6) is 5.75 Å². The summed E-state index contributed by atoms with van der Waals surface area (Å²) >= 11 is 12.5. The van der Waals surface area contributed by atoms with E-state index in [1.54, 1.807) is 32.2 Å². The fourth-order valence-corrected chi connectivity index (χ4v) is 5.89. The maximum atomic E-state index is 10.8. The quantitative estimate of drug-likeness (QED) is 0.103. The van der Waals surface area contributed by atoms with Gasteiger partial charge in [-0.15, -0.1) is 0 Å². The fourth-order valence-electron chi connectivity index (χ4n) is 4.59. The Kier molecular flexibility index (Phi) is 9.01. The van der Waals surface area contributed by atoms with Gasteiger partial charge in [-0.05, 0) is 84.5 Å². The molecule has 5 aromatic rings. The number of hydrogen-bond donors (Lipinski definition) is 1. The molecule has 206 valence electrons. The summed E-state index contributed by atoms with van der Waals surface area (Å²) in [5.74, 6) is 6.62. The van der Waals surface area contributed by atoms with E-state index in [0.29, 0.717) is 33.7 Å². The molecule has 0 atom stereocenters. The van der Waals surface area contributed by atoms with Crippen LogP contribution in [0.3, 0.4) is 0 Å². The minimum absolute atomic E-state index is 0.0851. The highest BCUT2D eigenvalue weighted by molar-refractivity contribution is 7.85. The van der Waals surface area contributed by atoms with E-state index < -0.39 is 10.1 Å². The second-order valence-electron chi connectivity index (χ2n) is 9.42. The number of pyridine rings is 1. The molecule has 1 heterocycles. The highest BCUT2D eigenvalue weighted by Crippen LogP contribution is 2.34. The maximum Gasteiger partial charge on any atom is 0.346 e. The van der Waals surface area contributed by atoms with E-state index in [2.05, 4.69) is 6.07 Å². The second kappa shape index (κ2) is 12.3. The highest BCUT2D eigenvalue weighted by Gasteiger charge is 2.20. The Labute approximate surface area is 244 Å². The molecule has 0 radical (unpaired) electrons. The number of benzene rings is 4. The summed E-state index contributed by atoms with van der Waals surface area (Å²) in [5.41, 5.74) is 5.14. The molecule has 0 aliphatic rings. The number of fused-ring (bicyclic) bond motifs is 1. The molecule has 9 heteroatoms. The molecular weight excluding hydrogens is 567 g/mol. The molecule has 0 fully saturated rings. The lowest BCUT2D eigenvalue weighted by Gasteiger charge is -2.14. The van der Waals surface area contributed by atoms with Gasteiger partial charge in [-0.3, -0.25) is 0 Å². The van der Waals surface area contributed by atoms with Gasteiger partial charge in [0.25, 0.3) is 0 Å². The van der Waals surface area contributed by atoms with Crippen molar-refractivity contribution in [3.05, 3.63) is 124 Å². The number of nitrogens with zero attached hydrogens (tertiary/aromatic N) is 1. The Morgan fingerprint density at radius 1 is 0.850 bits per heavy atom. The minimum Gasteiger partial charge on any atom is -0.744 e. The van der Waals surface area contributed by atoms with Crippen molar-refractivity contribution in [2.45, 2.75) is 32.3 Å². The van der Waals surface area contributed by atoms with E-state index in [-0.39, 0.29) is 4.90 Å². The maximum absolute atomic E-state index is 10.8. The molecule has 0 bridgehead atoms. The third kappa shape index (κ3) is 6.92. The second-order valence-corrected chi connectivity index (χ2v) is 11.5. The summed E-state index contributed by atoms with van der Waals surface area (Å²) in [5, 5.41) is 2.89. The first-order valence-corrected chi connectivity index (χ1v) is 14.5. The van der Waals surface area contributed by atoms with Crippen LogP contribution in [-0.4, -0.2) is 13.0 Å². The molecule has 0 amide bonds. The van der Waals surface area contributed by atoms with Crippen molar-refractivity contribution in [2.75, 3.05) is 5.84 Å². The zero-order chi connectivity index (χ0) is 29.0. The Balaban J connectivity index is 0.000000240. The average molecular weight is 596 g/mol. The molecule has 0 saturated carbocycles. The molecule has 0 unspecified atom stereocenters. The molecule has 0 saturated heterocycles. The average Bonchev–Trinajstić information content (AvgIpc) is 2.88. The summed E-state index contributed by atoms with van der Waals surface area (Å²) < 4.78 is 39.9. The Morgan fingerprint density at radius 2 is 1.50 bits per heavy atom. The van der Waals surface area contributed by atoms with Crippen LogP contribution in [0.25, 0.3) is 21.9 Å². The Bertz CT molecular complexity index is 1770. The molecule has 1 aromatic heterocycles. The molecule has 0 spiro atoms. The van der Waals surface area contributed by atoms with Gasteiger partial charge in [0.1, 0.15) is 16.7 Å². The lowest BCUT2D eigenvalue weighted by molar-refractivity contribution is -0.635. The molecule has 4 aromatic carbocycles. The summed E-state index contributed by atoms with van der Waals surface area (Å²) in [6, 6.07) is 27.1.